The molecule has 0 aliphatic rings. The van der Waals surface area contributed by atoms with Crippen LogP contribution in [-0.2, 0) is 6.54 Å². The first kappa shape index (κ1) is 9.64. The molecule has 0 saturated carbocycles. The van der Waals surface area contributed by atoms with Gasteiger partial charge in [0.15, 0.2) is 0 Å². The van der Waals surface area contributed by atoms with E-state index in [1.54, 1.807) is 12.4 Å². The minimum absolute atomic E-state index is 0.702. The summed E-state index contributed by atoms with van der Waals surface area (Å²) in [6.45, 7) is 4.60. The Bertz CT molecular complexity index is 435. The van der Waals surface area contributed by atoms with Gasteiger partial charge in [-0.2, -0.15) is 5.10 Å². The highest BCUT2D eigenvalue weighted by molar-refractivity contribution is 5.34. The number of rotatable bonds is 3. The van der Waals surface area contributed by atoms with Crippen LogP contribution in [0.3, 0.4) is 0 Å². The van der Waals surface area contributed by atoms with Gasteiger partial charge >= 0.3 is 0 Å². The molecule has 2 rings (SSSR count). The van der Waals surface area contributed by atoms with Gasteiger partial charge in [-0.25, -0.2) is 4.98 Å². The Hall–Kier alpha value is -1.91. The molecule has 0 aromatic carbocycles. The Morgan fingerprint density at radius 3 is 2.80 bits per heavy atom. The molecule has 2 N–H and O–H groups in total. The smallest absolute Gasteiger partial charge is 0.145 e. The molecule has 0 unspecified atom stereocenters. The molecule has 0 atom stereocenters. The Morgan fingerprint density at radius 1 is 1.27 bits per heavy atom. The molecule has 0 bridgehead atoms. The second kappa shape index (κ2) is 4.08. The molecular formula is C10H13N5. The summed E-state index contributed by atoms with van der Waals surface area (Å²) >= 11 is 0. The van der Waals surface area contributed by atoms with Gasteiger partial charge in [0.05, 0.1) is 23.8 Å². The van der Waals surface area contributed by atoms with Gasteiger partial charge in [0.25, 0.3) is 0 Å². The lowest BCUT2D eigenvalue weighted by atomic mass is 10.3. The largest absolute Gasteiger partial charge is 0.365 e. The number of aromatic amines is 1. The van der Waals surface area contributed by atoms with Crippen LogP contribution in [0.4, 0.5) is 5.82 Å². The number of nitrogens with one attached hydrogen (secondary N) is 2. The van der Waals surface area contributed by atoms with Crippen LogP contribution in [0.2, 0.25) is 0 Å². The van der Waals surface area contributed by atoms with E-state index in [2.05, 4.69) is 25.5 Å². The fourth-order valence-corrected chi connectivity index (χ4v) is 1.19. The van der Waals surface area contributed by atoms with Crippen molar-refractivity contribution in [1.82, 2.24) is 20.2 Å². The minimum Gasteiger partial charge on any atom is -0.365 e. The Balaban J connectivity index is 2.02. The maximum atomic E-state index is 4.37. The van der Waals surface area contributed by atoms with E-state index < -0.39 is 0 Å². The zero-order valence-electron chi connectivity index (χ0n) is 8.78. The van der Waals surface area contributed by atoms with Crippen molar-refractivity contribution in [3.8, 4) is 0 Å². The number of aryl methyl sites for hydroxylation is 2. The maximum Gasteiger partial charge on any atom is 0.145 e. The third-order valence-corrected chi connectivity index (χ3v) is 2.22. The number of hydrogen-bond donors (Lipinski definition) is 2. The molecule has 0 fully saturated rings. The molecule has 15 heavy (non-hydrogen) atoms. The number of hydrogen-bond acceptors (Lipinski definition) is 4. The number of H-pyrrole nitrogens is 1. The molecule has 0 aliphatic heterocycles. The molecule has 0 amide bonds. The van der Waals surface area contributed by atoms with Crippen molar-refractivity contribution in [3.05, 3.63) is 35.5 Å². The van der Waals surface area contributed by atoms with E-state index in [4.69, 9.17) is 0 Å². The monoisotopic (exact) mass is 203 g/mol. The molecule has 0 spiro atoms. The van der Waals surface area contributed by atoms with Crippen LogP contribution >= 0.6 is 0 Å². The van der Waals surface area contributed by atoms with Gasteiger partial charge in [-0.05, 0) is 13.8 Å². The van der Waals surface area contributed by atoms with Crippen LogP contribution in [0.5, 0.6) is 0 Å². The molecule has 0 aliphatic carbocycles. The topological polar surface area (TPSA) is 66.5 Å². The van der Waals surface area contributed by atoms with Gasteiger partial charge in [-0.15, -0.1) is 0 Å². The lowest BCUT2D eigenvalue weighted by Crippen LogP contribution is -2.03. The normalized spacial score (nSPS) is 10.3. The van der Waals surface area contributed by atoms with Gasteiger partial charge < -0.3 is 5.32 Å². The van der Waals surface area contributed by atoms with Crippen molar-refractivity contribution in [2.75, 3.05) is 5.32 Å². The minimum atomic E-state index is 0.702. The van der Waals surface area contributed by atoms with Crippen molar-refractivity contribution in [3.63, 3.8) is 0 Å². The van der Waals surface area contributed by atoms with Gasteiger partial charge in [0.1, 0.15) is 5.82 Å². The summed E-state index contributed by atoms with van der Waals surface area (Å²) < 4.78 is 0. The first-order valence-corrected chi connectivity index (χ1v) is 4.77. The quantitative estimate of drug-likeness (QED) is 0.791. The molecule has 0 radical (unpaired) electrons. The molecule has 0 saturated heterocycles. The predicted molar refractivity (Wildman–Crippen MR) is 57.4 cm³/mol. The third kappa shape index (κ3) is 2.31. The molecule has 2 heterocycles. The van der Waals surface area contributed by atoms with Gasteiger partial charge in [-0.3, -0.25) is 10.1 Å². The fraction of sp³-hybridized carbons (Fsp3) is 0.300. The van der Waals surface area contributed by atoms with Crippen LogP contribution in [0, 0.1) is 13.8 Å². The Morgan fingerprint density at radius 2 is 2.13 bits per heavy atom. The van der Waals surface area contributed by atoms with Gasteiger partial charge in [0.2, 0.25) is 0 Å². The van der Waals surface area contributed by atoms with E-state index >= 15 is 0 Å². The van der Waals surface area contributed by atoms with E-state index in [0.29, 0.717) is 6.54 Å². The summed E-state index contributed by atoms with van der Waals surface area (Å²) in [6, 6.07) is 0. The summed E-state index contributed by atoms with van der Waals surface area (Å²) in [4.78, 5) is 8.60. The Kier molecular flexibility index (Phi) is 2.62. The average Bonchev–Trinajstić information content (AvgIpc) is 2.73. The molecule has 2 aromatic heterocycles. The van der Waals surface area contributed by atoms with Crippen molar-refractivity contribution in [2.45, 2.75) is 20.4 Å². The van der Waals surface area contributed by atoms with Crippen molar-refractivity contribution in [2.24, 2.45) is 0 Å². The summed E-state index contributed by atoms with van der Waals surface area (Å²) in [5.74, 6) is 0.791. The van der Waals surface area contributed by atoms with E-state index in [-0.39, 0.29) is 0 Å². The Labute approximate surface area is 88.0 Å². The van der Waals surface area contributed by atoms with Crippen molar-refractivity contribution < 1.29 is 0 Å². The molecule has 2 aromatic rings. The van der Waals surface area contributed by atoms with Gasteiger partial charge in [-0.1, -0.05) is 0 Å². The average molecular weight is 203 g/mol. The molecule has 5 nitrogen and oxygen atoms in total. The lowest BCUT2D eigenvalue weighted by Gasteiger charge is -2.05. The van der Waals surface area contributed by atoms with E-state index in [0.717, 1.165) is 22.8 Å². The summed E-state index contributed by atoms with van der Waals surface area (Å²) in [5.41, 5.74) is 3.01. The van der Waals surface area contributed by atoms with Crippen molar-refractivity contribution >= 4 is 5.82 Å². The summed E-state index contributed by atoms with van der Waals surface area (Å²) in [7, 11) is 0. The zero-order valence-corrected chi connectivity index (χ0v) is 8.78. The highest BCUT2D eigenvalue weighted by Crippen LogP contribution is 2.07. The molecule has 78 valence electrons. The number of anilines is 1. The summed E-state index contributed by atoms with van der Waals surface area (Å²) in [5, 5.41) is 9.81. The van der Waals surface area contributed by atoms with E-state index in [9.17, 15) is 0 Å². The lowest BCUT2D eigenvalue weighted by molar-refractivity contribution is 1.02. The molecular weight excluding hydrogens is 190 g/mol. The van der Waals surface area contributed by atoms with Crippen LogP contribution in [0.25, 0.3) is 0 Å². The van der Waals surface area contributed by atoms with Crippen molar-refractivity contribution in [1.29, 1.82) is 0 Å². The standard InChI is InChI=1S/C10H13N5/c1-7-8(2)15-10(6-11-7)12-3-9-4-13-14-5-9/h4-6H,3H2,1-2H3,(H,12,15)(H,13,14). The highest BCUT2D eigenvalue weighted by atomic mass is 15.1. The number of nitrogens with zero attached hydrogens (tertiary/aromatic N) is 3. The third-order valence-electron chi connectivity index (χ3n) is 2.22. The van der Waals surface area contributed by atoms with Crippen LogP contribution in [-0.4, -0.2) is 20.2 Å². The second-order valence-corrected chi connectivity index (χ2v) is 3.39. The fourth-order valence-electron chi connectivity index (χ4n) is 1.19. The van der Waals surface area contributed by atoms with E-state index in [1.165, 1.54) is 0 Å². The first-order chi connectivity index (χ1) is 7.25. The first-order valence-electron chi connectivity index (χ1n) is 4.77. The van der Waals surface area contributed by atoms with Crippen LogP contribution in [0.1, 0.15) is 17.0 Å². The predicted octanol–water partition coefficient (Wildman–Crippen LogP) is 1.43. The summed E-state index contributed by atoms with van der Waals surface area (Å²) in [6.07, 6.45) is 5.37. The van der Waals surface area contributed by atoms with Gasteiger partial charge in [0, 0.05) is 18.3 Å². The van der Waals surface area contributed by atoms with E-state index in [1.807, 2.05) is 20.0 Å². The van der Waals surface area contributed by atoms with Crippen LogP contribution in [0.15, 0.2) is 18.6 Å². The number of aromatic nitrogens is 4. The second-order valence-electron chi connectivity index (χ2n) is 3.39. The van der Waals surface area contributed by atoms with Crippen LogP contribution < -0.4 is 5.32 Å². The zero-order chi connectivity index (χ0) is 10.7. The highest BCUT2D eigenvalue weighted by Gasteiger charge is 1.99. The molecule has 5 heteroatoms. The maximum absolute atomic E-state index is 4.37. The SMILES string of the molecule is Cc1ncc(NCc2cn[nH]c2)nc1C.